The molecular formula is C21H27N5O3S. The number of carbonyl (C=O) groups is 3. The maximum absolute atomic E-state index is 12.7. The fraction of sp³-hybridized carbons (Fsp3) is 0.476. The van der Waals surface area contributed by atoms with E-state index in [4.69, 9.17) is 0 Å². The number of anilines is 1. The zero-order valence-electron chi connectivity index (χ0n) is 17.3. The molecule has 9 heteroatoms. The van der Waals surface area contributed by atoms with Crippen LogP contribution in [0, 0.1) is 12.8 Å². The molecule has 2 heterocycles. The topological polar surface area (TPSA) is 104 Å². The molecule has 1 aromatic carbocycles. The van der Waals surface area contributed by atoms with Crippen LogP contribution in [-0.2, 0) is 4.79 Å². The zero-order chi connectivity index (χ0) is 21.5. The van der Waals surface area contributed by atoms with Crippen molar-refractivity contribution in [3.05, 3.63) is 39.8 Å². The van der Waals surface area contributed by atoms with Gasteiger partial charge in [0.1, 0.15) is 0 Å². The summed E-state index contributed by atoms with van der Waals surface area (Å²) in [5.74, 6) is -0.623. The van der Waals surface area contributed by atoms with E-state index < -0.39 is 5.91 Å². The molecule has 160 valence electrons. The van der Waals surface area contributed by atoms with Crippen molar-refractivity contribution in [2.75, 3.05) is 25.0 Å². The van der Waals surface area contributed by atoms with Crippen LogP contribution >= 0.6 is 11.3 Å². The number of carbonyl (C=O) groups excluding carboxylic acids is 3. The summed E-state index contributed by atoms with van der Waals surface area (Å²) in [5.41, 5.74) is 1.76. The summed E-state index contributed by atoms with van der Waals surface area (Å²) in [4.78, 5) is 39.0. The van der Waals surface area contributed by atoms with Crippen molar-refractivity contribution in [2.45, 2.75) is 39.5 Å². The molecule has 1 aliphatic rings. The van der Waals surface area contributed by atoms with E-state index in [0.717, 1.165) is 29.7 Å². The Balaban J connectivity index is 1.52. The summed E-state index contributed by atoms with van der Waals surface area (Å²) in [6, 6.07) is 7.42. The molecule has 0 spiro atoms. The van der Waals surface area contributed by atoms with Crippen LogP contribution in [-0.4, -0.2) is 52.5 Å². The van der Waals surface area contributed by atoms with Gasteiger partial charge in [-0.1, -0.05) is 42.4 Å². The Hall–Kier alpha value is -2.81. The van der Waals surface area contributed by atoms with Crippen molar-refractivity contribution in [1.29, 1.82) is 0 Å². The van der Waals surface area contributed by atoms with Crippen molar-refractivity contribution in [3.8, 4) is 0 Å². The van der Waals surface area contributed by atoms with Crippen LogP contribution in [0.1, 0.15) is 57.8 Å². The van der Waals surface area contributed by atoms with Gasteiger partial charge in [0.2, 0.25) is 15.9 Å². The Morgan fingerprint density at radius 2 is 1.77 bits per heavy atom. The van der Waals surface area contributed by atoms with Gasteiger partial charge in [-0.05, 0) is 38.3 Å². The van der Waals surface area contributed by atoms with Gasteiger partial charge in [0, 0.05) is 31.2 Å². The molecule has 0 saturated carbocycles. The highest BCUT2D eigenvalue weighted by molar-refractivity contribution is 7.15. The molecular weight excluding hydrogens is 402 g/mol. The van der Waals surface area contributed by atoms with Gasteiger partial charge in [-0.3, -0.25) is 14.4 Å². The molecule has 1 aliphatic heterocycles. The number of aromatic nitrogens is 2. The highest BCUT2D eigenvalue weighted by atomic mass is 32.1. The van der Waals surface area contributed by atoms with Gasteiger partial charge in [-0.15, -0.1) is 10.2 Å². The number of nitrogens with zero attached hydrogens (tertiary/aromatic N) is 3. The summed E-state index contributed by atoms with van der Waals surface area (Å²) >= 11 is 0.981. The molecule has 1 saturated heterocycles. The molecule has 2 N–H and O–H groups in total. The lowest BCUT2D eigenvalue weighted by Gasteiger charge is -2.30. The SMILES string of the molecule is CCCCNC(=O)C1CCN(C(=O)c2nnc(C(=O)Nc3ccc(C)cc3)s2)CC1. The average Bonchev–Trinajstić information content (AvgIpc) is 3.25. The predicted molar refractivity (Wildman–Crippen MR) is 116 cm³/mol. The van der Waals surface area contributed by atoms with Gasteiger partial charge in [0.05, 0.1) is 0 Å². The third-order valence-corrected chi connectivity index (χ3v) is 6.00. The van der Waals surface area contributed by atoms with Gasteiger partial charge in [-0.2, -0.15) is 0 Å². The summed E-state index contributed by atoms with van der Waals surface area (Å²) in [7, 11) is 0. The Bertz CT molecular complexity index is 888. The second-order valence-electron chi connectivity index (χ2n) is 7.44. The quantitative estimate of drug-likeness (QED) is 0.659. The molecule has 8 nitrogen and oxygen atoms in total. The third-order valence-electron chi connectivity index (χ3n) is 5.09. The lowest BCUT2D eigenvalue weighted by atomic mass is 9.96. The van der Waals surface area contributed by atoms with Gasteiger partial charge < -0.3 is 15.5 Å². The van der Waals surface area contributed by atoms with E-state index in [-0.39, 0.29) is 27.7 Å². The van der Waals surface area contributed by atoms with E-state index in [2.05, 4.69) is 27.8 Å². The van der Waals surface area contributed by atoms with E-state index in [1.54, 1.807) is 4.90 Å². The number of benzene rings is 1. The number of rotatable bonds is 7. The maximum Gasteiger partial charge on any atom is 0.286 e. The number of likely N-dealkylation sites (tertiary alicyclic amines) is 1. The molecule has 30 heavy (non-hydrogen) atoms. The summed E-state index contributed by atoms with van der Waals surface area (Å²) in [5, 5.41) is 13.8. The van der Waals surface area contributed by atoms with Gasteiger partial charge in [0.25, 0.3) is 11.8 Å². The van der Waals surface area contributed by atoms with Crippen LogP contribution in [0.25, 0.3) is 0 Å². The van der Waals surface area contributed by atoms with E-state index in [1.165, 1.54) is 0 Å². The number of nitrogens with one attached hydrogen (secondary N) is 2. The van der Waals surface area contributed by atoms with Crippen LogP contribution < -0.4 is 10.6 Å². The van der Waals surface area contributed by atoms with Crippen molar-refractivity contribution < 1.29 is 14.4 Å². The zero-order valence-corrected chi connectivity index (χ0v) is 18.1. The first-order valence-corrected chi connectivity index (χ1v) is 11.1. The number of aryl methyl sites for hydroxylation is 1. The second kappa shape index (κ2) is 10.3. The number of hydrogen-bond donors (Lipinski definition) is 2. The fourth-order valence-electron chi connectivity index (χ4n) is 3.24. The minimum atomic E-state index is -0.391. The molecule has 1 aromatic heterocycles. The largest absolute Gasteiger partial charge is 0.356 e. The molecule has 0 unspecified atom stereocenters. The first-order valence-electron chi connectivity index (χ1n) is 10.3. The van der Waals surface area contributed by atoms with E-state index in [0.29, 0.717) is 38.2 Å². The Morgan fingerprint density at radius 3 is 2.43 bits per heavy atom. The standard InChI is InChI=1S/C21H27N5O3S/c1-3-4-11-22-17(27)15-9-12-26(13-10-15)21(29)20-25-24-19(30-20)18(28)23-16-7-5-14(2)6-8-16/h5-8,15H,3-4,9-13H2,1-2H3,(H,22,27)(H,23,28). The lowest BCUT2D eigenvalue weighted by molar-refractivity contribution is -0.126. The smallest absolute Gasteiger partial charge is 0.286 e. The van der Waals surface area contributed by atoms with Crippen molar-refractivity contribution in [3.63, 3.8) is 0 Å². The molecule has 0 radical (unpaired) electrons. The van der Waals surface area contributed by atoms with Crippen LogP contribution in [0.15, 0.2) is 24.3 Å². The molecule has 1 fully saturated rings. The fourth-order valence-corrected chi connectivity index (χ4v) is 3.94. The maximum atomic E-state index is 12.7. The average molecular weight is 430 g/mol. The van der Waals surface area contributed by atoms with Gasteiger partial charge >= 0.3 is 0 Å². The molecule has 2 aromatic rings. The van der Waals surface area contributed by atoms with Crippen LogP contribution in [0.4, 0.5) is 5.69 Å². The minimum Gasteiger partial charge on any atom is -0.356 e. The first-order chi connectivity index (χ1) is 14.5. The second-order valence-corrected chi connectivity index (χ2v) is 8.42. The molecule has 0 atom stereocenters. The molecule has 0 bridgehead atoms. The number of unbranched alkanes of at least 4 members (excludes halogenated alkanes) is 1. The molecule has 3 amide bonds. The lowest BCUT2D eigenvalue weighted by Crippen LogP contribution is -2.43. The van der Waals surface area contributed by atoms with Crippen molar-refractivity contribution >= 4 is 34.7 Å². The van der Waals surface area contributed by atoms with E-state index in [9.17, 15) is 14.4 Å². The van der Waals surface area contributed by atoms with E-state index >= 15 is 0 Å². The molecule has 3 rings (SSSR count). The highest BCUT2D eigenvalue weighted by Gasteiger charge is 2.29. The highest BCUT2D eigenvalue weighted by Crippen LogP contribution is 2.21. The Kier molecular flexibility index (Phi) is 7.51. The van der Waals surface area contributed by atoms with Gasteiger partial charge in [0.15, 0.2) is 0 Å². The minimum absolute atomic E-state index is 0.0591. The number of hydrogen-bond acceptors (Lipinski definition) is 6. The van der Waals surface area contributed by atoms with Crippen LogP contribution in [0.3, 0.4) is 0 Å². The van der Waals surface area contributed by atoms with E-state index in [1.807, 2.05) is 31.2 Å². The van der Waals surface area contributed by atoms with Crippen molar-refractivity contribution in [1.82, 2.24) is 20.4 Å². The Labute approximate surface area is 180 Å². The summed E-state index contributed by atoms with van der Waals surface area (Å²) in [6.07, 6.45) is 3.27. The Morgan fingerprint density at radius 1 is 1.10 bits per heavy atom. The van der Waals surface area contributed by atoms with Crippen molar-refractivity contribution in [2.24, 2.45) is 5.92 Å². The van der Waals surface area contributed by atoms with Crippen LogP contribution in [0.2, 0.25) is 0 Å². The number of piperidine rings is 1. The predicted octanol–water partition coefficient (Wildman–Crippen LogP) is 2.87. The monoisotopic (exact) mass is 429 g/mol. The summed E-state index contributed by atoms with van der Waals surface area (Å²) in [6.45, 7) is 5.74. The summed E-state index contributed by atoms with van der Waals surface area (Å²) < 4.78 is 0. The van der Waals surface area contributed by atoms with Gasteiger partial charge in [-0.25, -0.2) is 0 Å². The first kappa shape index (κ1) is 21.9. The molecule has 0 aliphatic carbocycles. The van der Waals surface area contributed by atoms with Crippen LogP contribution in [0.5, 0.6) is 0 Å². The third kappa shape index (κ3) is 5.63. The number of amides is 3. The normalized spacial score (nSPS) is 14.4.